The van der Waals surface area contributed by atoms with Crippen molar-refractivity contribution in [1.82, 2.24) is 0 Å². The molecule has 0 aliphatic heterocycles. The molecule has 44 valence electrons. The molecule has 0 radical (unpaired) electrons. The summed E-state index contributed by atoms with van der Waals surface area (Å²) in [5, 5.41) is 0. The minimum Gasteiger partial charge on any atom is -0.284 e. The molecule has 0 aromatic rings. The van der Waals surface area contributed by atoms with Crippen LogP contribution >= 0.6 is 11.6 Å². The third-order valence-corrected chi connectivity index (χ3v) is 0.863. The summed E-state index contributed by atoms with van der Waals surface area (Å²) in [5.41, 5.74) is -0.703. The monoisotopic (exact) mass is 144 g/mol. The average Bonchev–Trinajstić information content (AvgIpc) is 1.27. The third kappa shape index (κ3) is 6.36. The molecule has 0 aromatic carbocycles. The molecule has 7 heavy (non-hydrogen) atoms. The predicted molar refractivity (Wildman–Crippen MR) is 27.2 cm³/mol. The van der Waals surface area contributed by atoms with E-state index in [1.165, 1.54) is 6.92 Å². The van der Waals surface area contributed by atoms with E-state index in [1.54, 1.807) is 0 Å². The Labute approximate surface area is 49.1 Å². The lowest BCUT2D eigenvalue weighted by Gasteiger charge is -1.95. The van der Waals surface area contributed by atoms with Crippen LogP contribution in [0.1, 0.15) is 6.92 Å². The molecular formula is C2H5ClO3S. The van der Waals surface area contributed by atoms with Crippen molar-refractivity contribution in [2.75, 3.05) is 0 Å². The first kappa shape index (κ1) is 7.36. The molecule has 0 fully saturated rings. The number of rotatable bonds is 2. The predicted octanol–water partition coefficient (Wildman–Crippen LogP) is 0.725. The fourth-order valence-corrected chi connectivity index (χ4v) is 0.527. The van der Waals surface area contributed by atoms with Gasteiger partial charge in [-0.3, -0.25) is 4.55 Å². The fraction of sp³-hybridized carbons (Fsp3) is 1.00. The zero-order chi connectivity index (χ0) is 5.86. The van der Waals surface area contributed by atoms with Crippen LogP contribution in [0.15, 0.2) is 0 Å². The van der Waals surface area contributed by atoms with Crippen LogP contribution < -0.4 is 0 Å². The highest BCUT2D eigenvalue weighted by molar-refractivity contribution is 7.74. The summed E-state index contributed by atoms with van der Waals surface area (Å²) in [7, 11) is 0. The molecule has 0 aliphatic carbocycles. The van der Waals surface area contributed by atoms with E-state index in [9.17, 15) is 4.21 Å². The molecule has 2 atom stereocenters. The first-order valence-electron chi connectivity index (χ1n) is 1.55. The summed E-state index contributed by atoms with van der Waals surface area (Å²) < 4.78 is 21.5. The van der Waals surface area contributed by atoms with Crippen molar-refractivity contribution in [2.24, 2.45) is 0 Å². The lowest BCUT2D eigenvalue weighted by Crippen LogP contribution is -2.00. The van der Waals surface area contributed by atoms with Crippen LogP contribution in [0.5, 0.6) is 0 Å². The van der Waals surface area contributed by atoms with Gasteiger partial charge in [0.05, 0.1) is 0 Å². The highest BCUT2D eigenvalue weighted by Gasteiger charge is 1.97. The standard InChI is InChI=1S/C2H5ClO3S/c1-2(3)6-7(4)5/h2H,1H3,(H,4,5). The maximum atomic E-state index is 9.61. The Hall–Kier alpha value is 0.360. The van der Waals surface area contributed by atoms with Crippen LogP contribution in [0.25, 0.3) is 0 Å². The average molecular weight is 145 g/mol. The lowest BCUT2D eigenvalue weighted by atomic mass is 10.9. The zero-order valence-corrected chi connectivity index (χ0v) is 5.20. The van der Waals surface area contributed by atoms with Gasteiger partial charge in [0.25, 0.3) is 0 Å². The van der Waals surface area contributed by atoms with Gasteiger partial charge >= 0.3 is 11.4 Å². The molecule has 0 aliphatic rings. The fourth-order valence-electron chi connectivity index (χ4n) is 0.113. The van der Waals surface area contributed by atoms with Crippen molar-refractivity contribution < 1.29 is 12.9 Å². The Kier molecular flexibility index (Phi) is 3.55. The molecule has 3 nitrogen and oxygen atoms in total. The third-order valence-electron chi connectivity index (χ3n) is 0.215. The molecule has 5 heteroatoms. The highest BCUT2D eigenvalue weighted by Crippen LogP contribution is 1.95. The summed E-state index contributed by atoms with van der Waals surface area (Å²) in [6, 6.07) is 0. The van der Waals surface area contributed by atoms with Gasteiger partial charge in [0.2, 0.25) is 0 Å². The number of alkyl halides is 1. The molecule has 2 unspecified atom stereocenters. The van der Waals surface area contributed by atoms with E-state index >= 15 is 0 Å². The van der Waals surface area contributed by atoms with E-state index in [0.29, 0.717) is 0 Å². The Morgan fingerprint density at radius 1 is 2.00 bits per heavy atom. The SMILES string of the molecule is CC(Cl)OS(=O)O. The molecule has 0 amide bonds. The van der Waals surface area contributed by atoms with Crippen LogP contribution in [-0.2, 0) is 15.5 Å². The van der Waals surface area contributed by atoms with Gasteiger partial charge in [0.15, 0.2) is 0 Å². The van der Waals surface area contributed by atoms with E-state index in [0.717, 1.165) is 0 Å². The number of halogens is 1. The van der Waals surface area contributed by atoms with E-state index in [1.807, 2.05) is 0 Å². The van der Waals surface area contributed by atoms with Gasteiger partial charge in [0, 0.05) is 0 Å². The summed E-state index contributed by atoms with van der Waals surface area (Å²) in [6.45, 7) is 1.45. The summed E-state index contributed by atoms with van der Waals surface area (Å²) in [5.74, 6) is 0. The van der Waals surface area contributed by atoms with E-state index in [2.05, 4.69) is 4.18 Å². The minimum atomic E-state index is -2.23. The van der Waals surface area contributed by atoms with Gasteiger partial charge in [-0.15, -0.1) is 0 Å². The molecule has 0 saturated heterocycles. The summed E-state index contributed by atoms with van der Waals surface area (Å²) in [4.78, 5) is 0. The molecule has 0 aromatic heterocycles. The first-order chi connectivity index (χ1) is 3.13. The lowest BCUT2D eigenvalue weighted by molar-refractivity contribution is 0.293. The second-order valence-corrected chi connectivity index (χ2v) is 2.10. The molecule has 0 heterocycles. The second-order valence-electron chi connectivity index (χ2n) is 0.856. The quantitative estimate of drug-likeness (QED) is 0.459. The Balaban J connectivity index is 3.13. The van der Waals surface area contributed by atoms with Gasteiger partial charge in [-0.05, 0) is 6.92 Å². The van der Waals surface area contributed by atoms with Crippen molar-refractivity contribution in [2.45, 2.75) is 12.5 Å². The van der Waals surface area contributed by atoms with E-state index in [4.69, 9.17) is 16.2 Å². The van der Waals surface area contributed by atoms with Crippen molar-refractivity contribution in [3.8, 4) is 0 Å². The largest absolute Gasteiger partial charge is 0.303 e. The molecule has 1 N–H and O–H groups in total. The van der Waals surface area contributed by atoms with Gasteiger partial charge in [-0.1, -0.05) is 11.6 Å². The maximum Gasteiger partial charge on any atom is 0.303 e. The number of hydrogen-bond acceptors (Lipinski definition) is 2. The smallest absolute Gasteiger partial charge is 0.284 e. The topological polar surface area (TPSA) is 46.5 Å². The van der Waals surface area contributed by atoms with Crippen LogP contribution in [0.4, 0.5) is 0 Å². The Bertz CT molecular complexity index is 73.3. The Morgan fingerprint density at radius 2 is 2.43 bits per heavy atom. The van der Waals surface area contributed by atoms with Crippen LogP contribution in [0, 0.1) is 0 Å². The molecular weight excluding hydrogens is 140 g/mol. The van der Waals surface area contributed by atoms with Crippen molar-refractivity contribution in [3.63, 3.8) is 0 Å². The number of hydrogen-bond donors (Lipinski definition) is 1. The van der Waals surface area contributed by atoms with E-state index < -0.39 is 16.9 Å². The summed E-state index contributed by atoms with van der Waals surface area (Å²) in [6.07, 6.45) is 0. The zero-order valence-electron chi connectivity index (χ0n) is 3.63. The molecule has 0 rings (SSSR count). The molecule has 0 spiro atoms. The van der Waals surface area contributed by atoms with Crippen molar-refractivity contribution in [1.29, 1.82) is 0 Å². The summed E-state index contributed by atoms with van der Waals surface area (Å²) >= 11 is 2.87. The Morgan fingerprint density at radius 3 is 2.43 bits per heavy atom. The van der Waals surface area contributed by atoms with Crippen molar-refractivity contribution >= 4 is 23.0 Å². The van der Waals surface area contributed by atoms with Crippen LogP contribution in [0.2, 0.25) is 0 Å². The second kappa shape index (κ2) is 3.37. The minimum absolute atomic E-state index is 0.703. The van der Waals surface area contributed by atoms with Crippen molar-refractivity contribution in [3.05, 3.63) is 0 Å². The first-order valence-corrected chi connectivity index (χ1v) is 3.02. The van der Waals surface area contributed by atoms with E-state index in [-0.39, 0.29) is 0 Å². The molecule has 0 saturated carbocycles. The highest BCUT2D eigenvalue weighted by atomic mass is 35.5. The van der Waals surface area contributed by atoms with Gasteiger partial charge in [-0.2, -0.15) is 4.21 Å². The normalized spacial score (nSPS) is 18.7. The maximum absolute atomic E-state index is 9.61. The molecule has 0 bridgehead atoms. The van der Waals surface area contributed by atoms with Gasteiger partial charge in [-0.25, -0.2) is 4.18 Å². The van der Waals surface area contributed by atoms with Gasteiger partial charge < -0.3 is 0 Å². The van der Waals surface area contributed by atoms with Crippen LogP contribution in [0.3, 0.4) is 0 Å². The van der Waals surface area contributed by atoms with Crippen LogP contribution in [-0.4, -0.2) is 14.3 Å². The van der Waals surface area contributed by atoms with Gasteiger partial charge in [0.1, 0.15) is 5.56 Å².